The lowest BCUT2D eigenvalue weighted by Gasteiger charge is -2.15. The first kappa shape index (κ1) is 17.5. The van der Waals surface area contributed by atoms with Crippen molar-refractivity contribution >= 4 is 40.1 Å². The van der Waals surface area contributed by atoms with Gasteiger partial charge in [0.05, 0.1) is 10.4 Å². The van der Waals surface area contributed by atoms with E-state index in [-0.39, 0.29) is 39.1 Å². The number of hydrogen-bond acceptors (Lipinski definition) is 4. The van der Waals surface area contributed by atoms with Crippen LogP contribution in [0.5, 0.6) is 5.75 Å². The van der Waals surface area contributed by atoms with Crippen LogP contribution >= 0.6 is 23.2 Å². The molecule has 8 heteroatoms. The Morgan fingerprint density at radius 1 is 1.40 bits per heavy atom. The Morgan fingerprint density at radius 3 is 2.76 bits per heavy atom. The molecule has 0 amide bonds. The van der Waals surface area contributed by atoms with Crippen molar-refractivity contribution < 1.29 is 23.6 Å². The molecule has 5 nitrogen and oxygen atoms in total. The topological polar surface area (TPSA) is 72.6 Å². The number of carboxylic acids is 1. The number of ether oxygens (including phenoxy) is 1. The molecular weight excluding hydrogens is 372 g/mol. The van der Waals surface area contributed by atoms with Gasteiger partial charge in [0.2, 0.25) is 0 Å². The van der Waals surface area contributed by atoms with Crippen LogP contribution in [0.25, 0.3) is 22.2 Å². The zero-order valence-corrected chi connectivity index (χ0v) is 14.4. The van der Waals surface area contributed by atoms with Gasteiger partial charge in [-0.1, -0.05) is 47.4 Å². The quantitative estimate of drug-likeness (QED) is 0.656. The molecule has 3 aromatic rings. The van der Waals surface area contributed by atoms with Crippen molar-refractivity contribution in [2.45, 2.75) is 19.4 Å². The Hall–Kier alpha value is -2.31. The maximum absolute atomic E-state index is 14.0. The van der Waals surface area contributed by atoms with E-state index in [4.69, 9.17) is 37.6 Å². The molecule has 0 saturated heterocycles. The van der Waals surface area contributed by atoms with Crippen LogP contribution in [0.15, 0.2) is 34.9 Å². The summed E-state index contributed by atoms with van der Waals surface area (Å²) in [7, 11) is 0. The Bertz CT molecular complexity index is 957. The van der Waals surface area contributed by atoms with Gasteiger partial charge < -0.3 is 14.4 Å². The van der Waals surface area contributed by atoms with Gasteiger partial charge in [-0.25, -0.2) is 9.18 Å². The summed E-state index contributed by atoms with van der Waals surface area (Å²) in [5.41, 5.74) is 0.618. The van der Waals surface area contributed by atoms with Gasteiger partial charge >= 0.3 is 5.97 Å². The van der Waals surface area contributed by atoms with E-state index in [0.717, 1.165) is 0 Å². The van der Waals surface area contributed by atoms with Crippen LogP contribution in [0.3, 0.4) is 0 Å². The molecule has 1 unspecified atom stereocenters. The number of fused-ring (bicyclic) bond motifs is 1. The first-order valence-electron chi connectivity index (χ1n) is 7.35. The monoisotopic (exact) mass is 383 g/mol. The number of aliphatic carboxylic acids is 1. The number of hydrogen-bond donors (Lipinski definition) is 1. The third kappa shape index (κ3) is 3.15. The Morgan fingerprint density at radius 2 is 2.12 bits per heavy atom. The highest BCUT2D eigenvalue weighted by Gasteiger charge is 2.25. The van der Waals surface area contributed by atoms with Gasteiger partial charge in [-0.05, 0) is 24.6 Å². The molecule has 0 saturated carbocycles. The van der Waals surface area contributed by atoms with Gasteiger partial charge in [-0.2, -0.15) is 0 Å². The first-order chi connectivity index (χ1) is 11.9. The van der Waals surface area contributed by atoms with E-state index in [9.17, 15) is 9.18 Å². The molecule has 0 aliphatic rings. The molecule has 0 spiro atoms. The van der Waals surface area contributed by atoms with E-state index in [0.29, 0.717) is 5.39 Å². The first-order valence-corrected chi connectivity index (χ1v) is 8.11. The minimum Gasteiger partial charge on any atom is -0.479 e. The van der Waals surface area contributed by atoms with Crippen LogP contribution in [-0.4, -0.2) is 22.3 Å². The van der Waals surface area contributed by atoms with Crippen molar-refractivity contribution in [1.29, 1.82) is 0 Å². The smallest absolute Gasteiger partial charge is 0.344 e. The summed E-state index contributed by atoms with van der Waals surface area (Å²) in [6, 6.07) is 7.54. The van der Waals surface area contributed by atoms with Gasteiger partial charge in [0, 0.05) is 5.56 Å². The SMILES string of the molecule is CCC(Oc1c(Cl)cc2c(-c3ccccc3F)noc2c1Cl)C(=O)O. The third-order valence-electron chi connectivity index (χ3n) is 3.65. The van der Waals surface area contributed by atoms with Gasteiger partial charge in [0.1, 0.15) is 16.5 Å². The Labute approximate surface area is 151 Å². The number of benzene rings is 2. The molecule has 3 rings (SSSR count). The third-order valence-corrected chi connectivity index (χ3v) is 4.27. The Kier molecular flexibility index (Phi) is 4.83. The molecule has 0 bridgehead atoms. The van der Waals surface area contributed by atoms with Crippen LogP contribution in [0.2, 0.25) is 10.0 Å². The molecule has 1 heterocycles. The van der Waals surface area contributed by atoms with E-state index in [1.165, 1.54) is 12.1 Å². The molecule has 0 aliphatic carbocycles. The molecule has 0 radical (unpaired) electrons. The summed E-state index contributed by atoms with van der Waals surface area (Å²) in [6.07, 6.45) is -0.891. The summed E-state index contributed by atoms with van der Waals surface area (Å²) in [5, 5.41) is 13.5. The van der Waals surface area contributed by atoms with Gasteiger partial charge in [-0.15, -0.1) is 0 Å². The van der Waals surface area contributed by atoms with Crippen LogP contribution in [0.4, 0.5) is 4.39 Å². The van der Waals surface area contributed by atoms with Crippen molar-refractivity contribution in [3.05, 3.63) is 46.2 Å². The number of aromatic nitrogens is 1. The maximum atomic E-state index is 14.0. The fourth-order valence-corrected chi connectivity index (χ4v) is 2.97. The van der Waals surface area contributed by atoms with E-state index >= 15 is 0 Å². The van der Waals surface area contributed by atoms with Gasteiger partial charge in [0.25, 0.3) is 0 Å². The minimum absolute atomic E-state index is 0.0127. The largest absolute Gasteiger partial charge is 0.479 e. The lowest BCUT2D eigenvalue weighted by atomic mass is 10.1. The number of carbonyl (C=O) groups is 1. The van der Waals surface area contributed by atoms with E-state index in [1.54, 1.807) is 25.1 Å². The fourth-order valence-electron chi connectivity index (χ4n) is 2.40. The standard InChI is InChI=1S/C17H12Cl2FNO4/c1-2-12(17(22)23)24-16-10(18)7-9-14(21-25-15(9)13(16)19)8-5-3-4-6-11(8)20/h3-7,12H,2H2,1H3,(H,22,23). The summed E-state index contributed by atoms with van der Waals surface area (Å²) in [5.74, 6) is -1.62. The van der Waals surface area contributed by atoms with Crippen molar-refractivity contribution in [1.82, 2.24) is 5.16 Å². The molecule has 1 aromatic heterocycles. The van der Waals surface area contributed by atoms with Crippen LogP contribution in [0.1, 0.15) is 13.3 Å². The van der Waals surface area contributed by atoms with E-state index < -0.39 is 17.9 Å². The van der Waals surface area contributed by atoms with Crippen molar-refractivity contribution in [2.24, 2.45) is 0 Å². The van der Waals surface area contributed by atoms with Crippen LogP contribution in [0, 0.1) is 5.82 Å². The predicted molar refractivity (Wildman–Crippen MR) is 91.8 cm³/mol. The zero-order chi connectivity index (χ0) is 18.1. The fraction of sp³-hybridized carbons (Fsp3) is 0.176. The van der Waals surface area contributed by atoms with Crippen molar-refractivity contribution in [3.63, 3.8) is 0 Å². The predicted octanol–water partition coefficient (Wildman–Crippen LogP) is 5.18. The summed E-state index contributed by atoms with van der Waals surface area (Å²) < 4.78 is 24.7. The van der Waals surface area contributed by atoms with E-state index in [1.807, 2.05) is 0 Å². The molecule has 1 N–H and O–H groups in total. The lowest BCUT2D eigenvalue weighted by molar-refractivity contribution is -0.145. The molecular formula is C17H12Cl2FNO4. The average Bonchev–Trinajstić information content (AvgIpc) is 2.98. The molecule has 2 aromatic carbocycles. The molecule has 0 aliphatic heterocycles. The second-order valence-electron chi connectivity index (χ2n) is 5.24. The maximum Gasteiger partial charge on any atom is 0.344 e. The highest BCUT2D eigenvalue weighted by molar-refractivity contribution is 6.41. The highest BCUT2D eigenvalue weighted by atomic mass is 35.5. The van der Waals surface area contributed by atoms with Crippen molar-refractivity contribution in [2.75, 3.05) is 0 Å². The lowest BCUT2D eigenvalue weighted by Crippen LogP contribution is -2.26. The van der Waals surface area contributed by atoms with Crippen LogP contribution < -0.4 is 4.74 Å². The second-order valence-corrected chi connectivity index (χ2v) is 6.03. The van der Waals surface area contributed by atoms with Crippen molar-refractivity contribution in [3.8, 4) is 17.0 Å². The number of halogens is 3. The molecule has 130 valence electrons. The number of carboxylic acid groups (broad SMARTS) is 1. The molecule has 25 heavy (non-hydrogen) atoms. The van der Waals surface area contributed by atoms with Gasteiger partial charge in [0.15, 0.2) is 17.4 Å². The molecule has 0 fully saturated rings. The van der Waals surface area contributed by atoms with E-state index in [2.05, 4.69) is 5.16 Å². The summed E-state index contributed by atoms with van der Waals surface area (Å²) in [4.78, 5) is 11.2. The second kappa shape index (κ2) is 6.90. The Balaban J connectivity index is 2.14. The minimum atomic E-state index is -1.14. The average molecular weight is 384 g/mol. The highest BCUT2D eigenvalue weighted by Crippen LogP contribution is 2.43. The van der Waals surface area contributed by atoms with Crippen LogP contribution in [-0.2, 0) is 4.79 Å². The number of rotatable bonds is 5. The summed E-state index contributed by atoms with van der Waals surface area (Å²) in [6.45, 7) is 1.66. The molecule has 1 atom stereocenters. The number of nitrogens with zero attached hydrogens (tertiary/aromatic N) is 1. The van der Waals surface area contributed by atoms with Gasteiger partial charge in [-0.3, -0.25) is 0 Å². The summed E-state index contributed by atoms with van der Waals surface area (Å²) >= 11 is 12.5. The normalized spacial score (nSPS) is 12.3. The zero-order valence-electron chi connectivity index (χ0n) is 12.9.